The van der Waals surface area contributed by atoms with Crippen LogP contribution in [-0.2, 0) is 13.0 Å². The Morgan fingerprint density at radius 1 is 1.11 bits per heavy atom. The number of nitrogens with zero attached hydrogens (tertiary/aromatic N) is 4. The van der Waals surface area contributed by atoms with Crippen LogP contribution in [0.2, 0.25) is 0 Å². The summed E-state index contributed by atoms with van der Waals surface area (Å²) >= 11 is 0. The van der Waals surface area contributed by atoms with Crippen LogP contribution < -0.4 is 15.0 Å². The first-order chi connectivity index (χ1) is 13.7. The molecule has 8 heteroatoms. The second-order valence-corrected chi connectivity index (χ2v) is 6.45. The van der Waals surface area contributed by atoms with Crippen molar-refractivity contribution in [3.05, 3.63) is 76.1 Å². The van der Waals surface area contributed by atoms with Gasteiger partial charge < -0.3 is 15.0 Å². The van der Waals surface area contributed by atoms with E-state index in [4.69, 9.17) is 4.74 Å². The number of nitro groups is 1. The summed E-state index contributed by atoms with van der Waals surface area (Å²) in [6.45, 7) is 1.24. The average molecular weight is 377 g/mol. The number of rotatable bonds is 5. The molecule has 1 aromatic heterocycles. The second-order valence-electron chi connectivity index (χ2n) is 6.45. The monoisotopic (exact) mass is 377 g/mol. The van der Waals surface area contributed by atoms with Crippen LogP contribution in [0, 0.1) is 10.1 Å². The molecule has 28 heavy (non-hydrogen) atoms. The topological polar surface area (TPSA) is 93.4 Å². The van der Waals surface area contributed by atoms with Crippen molar-refractivity contribution in [1.29, 1.82) is 0 Å². The number of fused-ring (bicyclic) bond motifs is 1. The Kier molecular flexibility index (Phi) is 4.76. The number of benzene rings is 2. The van der Waals surface area contributed by atoms with E-state index >= 15 is 0 Å². The summed E-state index contributed by atoms with van der Waals surface area (Å²) in [6.07, 6.45) is 2.17. The summed E-state index contributed by atoms with van der Waals surface area (Å²) in [5, 5.41) is 14.9. The molecule has 0 saturated heterocycles. The molecule has 0 fully saturated rings. The van der Waals surface area contributed by atoms with Gasteiger partial charge in [0.15, 0.2) is 0 Å². The average Bonchev–Trinajstić information content (AvgIpc) is 2.73. The van der Waals surface area contributed by atoms with Crippen molar-refractivity contribution in [3.8, 4) is 5.75 Å². The summed E-state index contributed by atoms with van der Waals surface area (Å²) in [4.78, 5) is 21.7. The number of hydrogen-bond donors (Lipinski definition) is 1. The standard InChI is InChI=1S/C20H19N5O3/c1-28-17-8-6-16(7-9-17)23-19-18(25(26)27)20(22-13-21-19)24-11-10-14-4-2-3-5-15(14)12-24/h2-9,13H,10-12H2,1H3,(H,21,22,23). The second kappa shape index (κ2) is 7.51. The molecule has 0 unspecified atom stereocenters. The van der Waals surface area contributed by atoms with Gasteiger partial charge >= 0.3 is 5.69 Å². The third-order valence-electron chi connectivity index (χ3n) is 4.77. The fourth-order valence-corrected chi connectivity index (χ4v) is 3.35. The van der Waals surface area contributed by atoms with Gasteiger partial charge in [-0.25, -0.2) is 9.97 Å². The first-order valence-electron chi connectivity index (χ1n) is 8.88. The first kappa shape index (κ1) is 17.7. The summed E-state index contributed by atoms with van der Waals surface area (Å²) < 4.78 is 5.14. The van der Waals surface area contributed by atoms with Gasteiger partial charge in [-0.1, -0.05) is 24.3 Å². The van der Waals surface area contributed by atoms with Gasteiger partial charge in [-0.05, 0) is 41.8 Å². The number of anilines is 3. The molecule has 1 aliphatic heterocycles. The maximum atomic E-state index is 11.9. The lowest BCUT2D eigenvalue weighted by atomic mass is 10.00. The minimum absolute atomic E-state index is 0.127. The van der Waals surface area contributed by atoms with Crippen molar-refractivity contribution in [2.24, 2.45) is 0 Å². The molecule has 2 aromatic carbocycles. The van der Waals surface area contributed by atoms with Gasteiger partial charge in [0.1, 0.15) is 12.1 Å². The lowest BCUT2D eigenvalue weighted by molar-refractivity contribution is -0.383. The predicted molar refractivity (Wildman–Crippen MR) is 106 cm³/mol. The van der Waals surface area contributed by atoms with Crippen LogP contribution in [-0.4, -0.2) is 28.5 Å². The smallest absolute Gasteiger partial charge is 0.353 e. The zero-order chi connectivity index (χ0) is 19.5. The molecule has 1 aliphatic rings. The van der Waals surface area contributed by atoms with E-state index in [9.17, 15) is 10.1 Å². The van der Waals surface area contributed by atoms with E-state index in [1.165, 1.54) is 11.9 Å². The molecule has 3 aromatic rings. The van der Waals surface area contributed by atoms with E-state index in [0.717, 1.165) is 12.0 Å². The van der Waals surface area contributed by atoms with Crippen molar-refractivity contribution >= 4 is 23.0 Å². The molecule has 4 rings (SSSR count). The molecule has 8 nitrogen and oxygen atoms in total. The van der Waals surface area contributed by atoms with Gasteiger partial charge in [0, 0.05) is 18.8 Å². The van der Waals surface area contributed by atoms with Crippen molar-refractivity contribution in [2.45, 2.75) is 13.0 Å². The first-order valence-corrected chi connectivity index (χ1v) is 8.88. The van der Waals surface area contributed by atoms with E-state index in [1.54, 1.807) is 31.4 Å². The van der Waals surface area contributed by atoms with Gasteiger partial charge in [0.2, 0.25) is 11.6 Å². The highest BCUT2D eigenvalue weighted by molar-refractivity contribution is 5.74. The largest absolute Gasteiger partial charge is 0.497 e. The highest BCUT2D eigenvalue weighted by Gasteiger charge is 2.29. The van der Waals surface area contributed by atoms with E-state index in [2.05, 4.69) is 21.4 Å². The SMILES string of the molecule is COc1ccc(Nc2ncnc(N3CCc4ccccc4C3)c2[N+](=O)[O-])cc1. The molecule has 142 valence electrons. The van der Waals surface area contributed by atoms with Gasteiger partial charge in [0.05, 0.1) is 12.0 Å². The normalized spacial score (nSPS) is 13.0. The van der Waals surface area contributed by atoms with Gasteiger partial charge in [0.25, 0.3) is 0 Å². The van der Waals surface area contributed by atoms with E-state index in [0.29, 0.717) is 30.3 Å². The molecule has 0 radical (unpaired) electrons. The van der Waals surface area contributed by atoms with Crippen LogP contribution in [0.5, 0.6) is 5.75 Å². The number of methoxy groups -OCH3 is 1. The predicted octanol–water partition coefficient (Wildman–Crippen LogP) is 3.70. The minimum Gasteiger partial charge on any atom is -0.497 e. The van der Waals surface area contributed by atoms with Crippen molar-refractivity contribution in [3.63, 3.8) is 0 Å². The Morgan fingerprint density at radius 3 is 2.57 bits per heavy atom. The Bertz CT molecular complexity index is 1010. The molecule has 2 heterocycles. The Morgan fingerprint density at radius 2 is 1.86 bits per heavy atom. The summed E-state index contributed by atoms with van der Waals surface area (Å²) in [7, 11) is 1.58. The molecule has 0 saturated carbocycles. The number of hydrogen-bond acceptors (Lipinski definition) is 7. The molecule has 0 bridgehead atoms. The minimum atomic E-state index is -0.429. The maximum Gasteiger partial charge on any atom is 0.353 e. The maximum absolute atomic E-state index is 11.9. The Labute approximate surface area is 162 Å². The molecule has 0 atom stereocenters. The van der Waals surface area contributed by atoms with Crippen LogP contribution in [0.3, 0.4) is 0 Å². The van der Waals surface area contributed by atoms with E-state index < -0.39 is 4.92 Å². The molecule has 1 N–H and O–H groups in total. The highest BCUT2D eigenvalue weighted by Crippen LogP contribution is 2.35. The third kappa shape index (κ3) is 3.44. The van der Waals surface area contributed by atoms with Crippen LogP contribution in [0.15, 0.2) is 54.9 Å². The fraction of sp³-hybridized carbons (Fsp3) is 0.200. The van der Waals surface area contributed by atoms with E-state index in [1.807, 2.05) is 23.1 Å². The van der Waals surface area contributed by atoms with Crippen molar-refractivity contribution in [2.75, 3.05) is 23.9 Å². The lowest BCUT2D eigenvalue weighted by Gasteiger charge is -2.29. The molecule has 0 aliphatic carbocycles. The number of ether oxygens (including phenoxy) is 1. The zero-order valence-electron chi connectivity index (χ0n) is 15.3. The third-order valence-corrected chi connectivity index (χ3v) is 4.77. The van der Waals surface area contributed by atoms with Crippen LogP contribution in [0.25, 0.3) is 0 Å². The van der Waals surface area contributed by atoms with Crippen molar-refractivity contribution < 1.29 is 9.66 Å². The van der Waals surface area contributed by atoms with Crippen LogP contribution >= 0.6 is 0 Å². The van der Waals surface area contributed by atoms with Gasteiger partial charge in [-0.15, -0.1) is 0 Å². The van der Waals surface area contributed by atoms with Crippen molar-refractivity contribution in [1.82, 2.24) is 9.97 Å². The quantitative estimate of drug-likeness (QED) is 0.535. The van der Waals surface area contributed by atoms with Crippen LogP contribution in [0.4, 0.5) is 23.0 Å². The van der Waals surface area contributed by atoms with Gasteiger partial charge in [-0.3, -0.25) is 10.1 Å². The zero-order valence-corrected chi connectivity index (χ0v) is 15.3. The van der Waals surface area contributed by atoms with Gasteiger partial charge in [-0.2, -0.15) is 0 Å². The number of aromatic nitrogens is 2. The lowest BCUT2D eigenvalue weighted by Crippen LogP contribution is -2.31. The fourth-order valence-electron chi connectivity index (χ4n) is 3.35. The Balaban J connectivity index is 1.67. The molecule has 0 spiro atoms. The molecular formula is C20H19N5O3. The molecule has 0 amide bonds. The van der Waals surface area contributed by atoms with E-state index in [-0.39, 0.29) is 11.5 Å². The molecular weight excluding hydrogens is 358 g/mol. The van der Waals surface area contributed by atoms with Crippen LogP contribution in [0.1, 0.15) is 11.1 Å². The summed E-state index contributed by atoms with van der Waals surface area (Å²) in [6, 6.07) is 15.2. The Hall–Kier alpha value is -3.68. The summed E-state index contributed by atoms with van der Waals surface area (Å²) in [5.74, 6) is 1.19. The summed E-state index contributed by atoms with van der Waals surface area (Å²) in [5.41, 5.74) is 2.98. The number of nitrogens with one attached hydrogen (secondary N) is 1. The highest BCUT2D eigenvalue weighted by atomic mass is 16.6.